The van der Waals surface area contributed by atoms with E-state index in [9.17, 15) is 14.4 Å². The molecule has 4 amide bonds. The molecule has 2 aliphatic heterocycles. The van der Waals surface area contributed by atoms with Crippen molar-refractivity contribution in [3.63, 3.8) is 0 Å². The molecule has 128 valence electrons. The van der Waals surface area contributed by atoms with Gasteiger partial charge in [-0.3, -0.25) is 14.5 Å². The Kier molecular flexibility index (Phi) is 4.13. The average molecular weight is 331 g/mol. The zero-order chi connectivity index (χ0) is 17.5. The first-order valence-corrected chi connectivity index (χ1v) is 8.01. The second kappa shape index (κ2) is 5.98. The lowest BCUT2D eigenvalue weighted by Gasteiger charge is -2.42. The highest BCUT2D eigenvalue weighted by atomic mass is 16.5. The third-order valence-electron chi connectivity index (χ3n) is 4.20. The maximum absolute atomic E-state index is 12.6. The first kappa shape index (κ1) is 16.6. The fourth-order valence-electron chi connectivity index (χ4n) is 3.30. The summed E-state index contributed by atoms with van der Waals surface area (Å²) in [7, 11) is 0. The van der Waals surface area contributed by atoms with E-state index in [4.69, 9.17) is 4.74 Å². The average Bonchev–Trinajstić information content (AvgIpc) is 2.49. The molecule has 0 radical (unpaired) electrons. The second-order valence-corrected chi connectivity index (χ2v) is 6.93. The van der Waals surface area contributed by atoms with Crippen molar-refractivity contribution in [1.82, 2.24) is 9.80 Å². The molecule has 2 heterocycles. The van der Waals surface area contributed by atoms with Crippen molar-refractivity contribution in [2.24, 2.45) is 10.9 Å². The highest BCUT2D eigenvalue weighted by molar-refractivity contribution is 6.22. The van der Waals surface area contributed by atoms with Crippen molar-refractivity contribution in [1.29, 1.82) is 0 Å². The quantitative estimate of drug-likeness (QED) is 0.760. The van der Waals surface area contributed by atoms with Crippen LogP contribution in [0.4, 0.5) is 4.79 Å². The number of morpholine rings is 1. The Morgan fingerprint density at radius 3 is 2.83 bits per heavy atom. The van der Waals surface area contributed by atoms with E-state index in [1.807, 2.05) is 20.8 Å². The number of imide groups is 1. The van der Waals surface area contributed by atoms with Gasteiger partial charge in [-0.1, -0.05) is 18.2 Å². The van der Waals surface area contributed by atoms with Gasteiger partial charge in [0.15, 0.2) is 0 Å². The largest absolute Gasteiger partial charge is 0.369 e. The topological polar surface area (TPSA) is 79.3 Å². The molecule has 3 rings (SSSR count). The molecule has 0 saturated carbocycles. The number of aliphatic imine (C=N–C) groups is 1. The number of carbonyl (C=O) groups excluding carboxylic acids is 3. The van der Waals surface area contributed by atoms with Gasteiger partial charge in [-0.15, -0.1) is 0 Å². The molecule has 0 aromatic rings. The van der Waals surface area contributed by atoms with Gasteiger partial charge >= 0.3 is 6.03 Å². The van der Waals surface area contributed by atoms with E-state index in [0.29, 0.717) is 18.8 Å². The van der Waals surface area contributed by atoms with Crippen LogP contribution in [0.5, 0.6) is 0 Å². The molecule has 1 saturated heterocycles. The van der Waals surface area contributed by atoms with Gasteiger partial charge in [0.2, 0.25) is 11.8 Å². The van der Waals surface area contributed by atoms with Crippen molar-refractivity contribution >= 4 is 23.6 Å². The van der Waals surface area contributed by atoms with Gasteiger partial charge in [-0.05, 0) is 26.8 Å². The van der Waals surface area contributed by atoms with Gasteiger partial charge in [0.1, 0.15) is 6.54 Å². The third kappa shape index (κ3) is 3.17. The SMILES string of the molecule is CC1CN(C(=O)CN2C(=O)N=C3C=CC=CC3C2=O)CC(C)(C)O1. The number of carbonyl (C=O) groups is 3. The Labute approximate surface area is 140 Å². The number of fused-ring (bicyclic) bond motifs is 1. The lowest BCUT2D eigenvalue weighted by atomic mass is 9.95. The molecule has 7 heteroatoms. The predicted octanol–water partition coefficient (Wildman–Crippen LogP) is 1.16. The van der Waals surface area contributed by atoms with Crippen LogP contribution < -0.4 is 0 Å². The number of nitrogens with zero attached hydrogens (tertiary/aromatic N) is 3. The zero-order valence-electron chi connectivity index (χ0n) is 14.1. The van der Waals surface area contributed by atoms with Crippen LogP contribution >= 0.6 is 0 Å². The number of allylic oxidation sites excluding steroid dienone is 3. The van der Waals surface area contributed by atoms with Crippen LogP contribution in [0, 0.1) is 5.92 Å². The molecule has 0 aromatic carbocycles. The van der Waals surface area contributed by atoms with Gasteiger partial charge in [0.05, 0.1) is 23.3 Å². The Morgan fingerprint density at radius 2 is 2.12 bits per heavy atom. The summed E-state index contributed by atoms with van der Waals surface area (Å²) in [5, 5.41) is 0. The number of amides is 4. The van der Waals surface area contributed by atoms with Gasteiger partial charge in [0.25, 0.3) is 0 Å². The van der Waals surface area contributed by atoms with Crippen LogP contribution in [-0.4, -0.2) is 64.7 Å². The minimum atomic E-state index is -0.680. The van der Waals surface area contributed by atoms with E-state index in [1.165, 1.54) is 0 Å². The van der Waals surface area contributed by atoms with E-state index >= 15 is 0 Å². The molecule has 2 unspecified atom stereocenters. The lowest BCUT2D eigenvalue weighted by molar-refractivity contribution is -0.159. The van der Waals surface area contributed by atoms with Crippen molar-refractivity contribution in [2.75, 3.05) is 19.6 Å². The van der Waals surface area contributed by atoms with E-state index in [2.05, 4.69) is 4.99 Å². The molecule has 24 heavy (non-hydrogen) atoms. The summed E-state index contributed by atoms with van der Waals surface area (Å²) in [5.74, 6) is -1.26. The highest BCUT2D eigenvalue weighted by Gasteiger charge is 2.39. The molecular weight excluding hydrogens is 310 g/mol. The van der Waals surface area contributed by atoms with Gasteiger partial charge < -0.3 is 9.64 Å². The molecule has 1 fully saturated rings. The molecule has 0 aromatic heterocycles. The van der Waals surface area contributed by atoms with Crippen LogP contribution in [0.2, 0.25) is 0 Å². The van der Waals surface area contributed by atoms with Crippen molar-refractivity contribution in [3.05, 3.63) is 24.3 Å². The first-order valence-electron chi connectivity index (χ1n) is 8.01. The molecule has 3 aliphatic rings. The van der Waals surface area contributed by atoms with Gasteiger partial charge in [0, 0.05) is 13.1 Å². The van der Waals surface area contributed by atoms with Crippen LogP contribution in [0.3, 0.4) is 0 Å². The molecule has 1 aliphatic carbocycles. The molecule has 2 atom stereocenters. The molecular formula is C17H21N3O4. The minimum Gasteiger partial charge on any atom is -0.369 e. The summed E-state index contributed by atoms with van der Waals surface area (Å²) in [4.78, 5) is 43.8. The Hall–Kier alpha value is -2.28. The maximum Gasteiger partial charge on any atom is 0.351 e. The molecule has 7 nitrogen and oxygen atoms in total. The second-order valence-electron chi connectivity index (χ2n) is 6.93. The Bertz CT molecular complexity index is 677. The molecule has 0 spiro atoms. The number of rotatable bonds is 2. The number of ether oxygens (including phenoxy) is 1. The van der Waals surface area contributed by atoms with Crippen LogP contribution in [0.25, 0.3) is 0 Å². The van der Waals surface area contributed by atoms with Crippen LogP contribution in [0.1, 0.15) is 20.8 Å². The summed E-state index contributed by atoms with van der Waals surface area (Å²) >= 11 is 0. The van der Waals surface area contributed by atoms with Gasteiger partial charge in [-0.2, -0.15) is 4.99 Å². The van der Waals surface area contributed by atoms with Crippen molar-refractivity contribution in [3.8, 4) is 0 Å². The lowest BCUT2D eigenvalue weighted by Crippen LogP contribution is -2.57. The fraction of sp³-hybridized carbons (Fsp3) is 0.529. The smallest absolute Gasteiger partial charge is 0.351 e. The van der Waals surface area contributed by atoms with E-state index < -0.39 is 23.5 Å². The monoisotopic (exact) mass is 331 g/mol. The normalized spacial score (nSPS) is 28.7. The fourth-order valence-corrected chi connectivity index (χ4v) is 3.30. The minimum absolute atomic E-state index is 0.0958. The number of hydrogen-bond donors (Lipinski definition) is 0. The van der Waals surface area contributed by atoms with Crippen LogP contribution in [0.15, 0.2) is 29.3 Å². The first-order chi connectivity index (χ1) is 11.3. The summed E-state index contributed by atoms with van der Waals surface area (Å²) < 4.78 is 5.78. The standard InChI is InChI=1S/C17H21N3O4/c1-11-8-19(10-17(2,3)24-11)14(21)9-20-15(22)12-6-4-5-7-13(12)18-16(20)23/h4-7,11-12H,8-10H2,1-3H3. The summed E-state index contributed by atoms with van der Waals surface area (Å²) in [5.41, 5.74) is -0.0248. The van der Waals surface area contributed by atoms with E-state index in [0.717, 1.165) is 4.90 Å². The van der Waals surface area contributed by atoms with Crippen molar-refractivity contribution in [2.45, 2.75) is 32.5 Å². The summed E-state index contributed by atoms with van der Waals surface area (Å²) in [6, 6.07) is -0.680. The van der Waals surface area contributed by atoms with Crippen molar-refractivity contribution < 1.29 is 19.1 Å². The summed E-state index contributed by atoms with van der Waals surface area (Å²) in [6.45, 7) is 6.30. The van der Waals surface area contributed by atoms with Crippen LogP contribution in [-0.2, 0) is 14.3 Å². The Morgan fingerprint density at radius 1 is 1.38 bits per heavy atom. The number of urea groups is 1. The third-order valence-corrected chi connectivity index (χ3v) is 4.20. The van der Waals surface area contributed by atoms with E-state index in [-0.39, 0.29) is 18.6 Å². The predicted molar refractivity (Wildman–Crippen MR) is 87.5 cm³/mol. The molecule has 0 bridgehead atoms. The summed E-state index contributed by atoms with van der Waals surface area (Å²) in [6.07, 6.45) is 6.70. The van der Waals surface area contributed by atoms with E-state index in [1.54, 1.807) is 29.2 Å². The van der Waals surface area contributed by atoms with Gasteiger partial charge in [-0.25, -0.2) is 4.79 Å². The number of hydrogen-bond acceptors (Lipinski definition) is 4. The molecule has 0 N–H and O–H groups in total. The maximum atomic E-state index is 12.6. The Balaban J connectivity index is 1.73. The zero-order valence-corrected chi connectivity index (χ0v) is 14.1. The highest BCUT2D eigenvalue weighted by Crippen LogP contribution is 2.23.